The summed E-state index contributed by atoms with van der Waals surface area (Å²) in [7, 11) is 0. The Morgan fingerprint density at radius 3 is 1.45 bits per heavy atom. The summed E-state index contributed by atoms with van der Waals surface area (Å²) in [5, 5.41) is 18.7. The van der Waals surface area contributed by atoms with Gasteiger partial charge in [0.25, 0.3) is 0 Å². The van der Waals surface area contributed by atoms with Crippen molar-refractivity contribution in [3.8, 4) is 0 Å². The highest BCUT2D eigenvalue weighted by Crippen LogP contribution is 2.42. The van der Waals surface area contributed by atoms with E-state index in [2.05, 4.69) is 27.7 Å². The van der Waals surface area contributed by atoms with Crippen molar-refractivity contribution in [2.75, 3.05) is 0 Å². The van der Waals surface area contributed by atoms with Gasteiger partial charge in [0.05, 0.1) is 11.8 Å². The monoisotopic (exact) mass is 282 g/mol. The predicted molar refractivity (Wildman–Crippen MR) is 77.4 cm³/mol. The van der Waals surface area contributed by atoms with Crippen LogP contribution in [0.2, 0.25) is 0 Å². The zero-order valence-corrected chi connectivity index (χ0v) is 12.8. The van der Waals surface area contributed by atoms with Crippen LogP contribution >= 0.6 is 0 Å². The molecule has 1 aliphatic carbocycles. The number of aliphatic carboxylic acids is 2. The van der Waals surface area contributed by atoms with Crippen molar-refractivity contribution in [2.24, 2.45) is 23.7 Å². The number of carboxylic acids is 2. The Labute approximate surface area is 120 Å². The number of hydrogen-bond donors (Lipinski definition) is 2. The summed E-state index contributed by atoms with van der Waals surface area (Å²) in [5.74, 6) is -2.89. The lowest BCUT2D eigenvalue weighted by atomic mass is 9.69. The second-order valence-electron chi connectivity index (χ2n) is 5.97. The summed E-state index contributed by atoms with van der Waals surface area (Å²) in [6.07, 6.45) is 2.70. The molecule has 0 fully saturated rings. The molecule has 0 spiro atoms. The molecule has 0 aromatic heterocycles. The van der Waals surface area contributed by atoms with Gasteiger partial charge in [0.1, 0.15) is 0 Å². The Morgan fingerprint density at radius 2 is 1.25 bits per heavy atom. The van der Waals surface area contributed by atoms with Crippen LogP contribution in [0.5, 0.6) is 0 Å². The van der Waals surface area contributed by atoms with Crippen LogP contribution in [0, 0.1) is 23.7 Å². The molecule has 4 atom stereocenters. The van der Waals surface area contributed by atoms with E-state index >= 15 is 0 Å². The number of allylic oxidation sites excluding steroid dienone is 2. The molecule has 0 amide bonds. The third-order valence-electron chi connectivity index (χ3n) is 4.83. The predicted octanol–water partition coefficient (Wildman–Crippen LogP) is 3.57. The molecule has 0 heterocycles. The molecule has 4 heteroatoms. The lowest BCUT2D eigenvalue weighted by Crippen LogP contribution is -2.35. The molecule has 1 aliphatic rings. The van der Waals surface area contributed by atoms with Crippen LogP contribution < -0.4 is 0 Å². The van der Waals surface area contributed by atoms with E-state index in [1.54, 1.807) is 0 Å². The summed E-state index contributed by atoms with van der Waals surface area (Å²) < 4.78 is 0. The maximum Gasteiger partial charge on any atom is 0.307 e. The van der Waals surface area contributed by atoms with Crippen molar-refractivity contribution in [3.63, 3.8) is 0 Å². The maximum atomic E-state index is 11.4. The third kappa shape index (κ3) is 3.41. The first-order valence-electron chi connectivity index (χ1n) is 7.50. The van der Waals surface area contributed by atoms with Crippen LogP contribution in [0.15, 0.2) is 11.1 Å². The Hall–Kier alpha value is -1.32. The Balaban J connectivity index is 3.23. The molecule has 0 aliphatic heterocycles. The highest BCUT2D eigenvalue weighted by molar-refractivity contribution is 5.81. The van der Waals surface area contributed by atoms with Crippen LogP contribution in [-0.4, -0.2) is 22.2 Å². The lowest BCUT2D eigenvalue weighted by Gasteiger charge is -2.35. The normalized spacial score (nSPS) is 26.2. The molecular weight excluding hydrogens is 256 g/mol. The number of carbonyl (C=O) groups is 2. The molecule has 0 aromatic carbocycles. The van der Waals surface area contributed by atoms with Gasteiger partial charge in [0.2, 0.25) is 0 Å². The minimum atomic E-state index is -0.985. The van der Waals surface area contributed by atoms with Crippen LogP contribution in [0.3, 0.4) is 0 Å². The van der Waals surface area contributed by atoms with Gasteiger partial charge in [-0.25, -0.2) is 0 Å². The van der Waals surface area contributed by atoms with E-state index in [0.717, 1.165) is 12.8 Å². The average molecular weight is 282 g/mol. The van der Waals surface area contributed by atoms with Gasteiger partial charge in [-0.3, -0.25) is 9.59 Å². The number of rotatable bonds is 6. The van der Waals surface area contributed by atoms with Crippen molar-refractivity contribution >= 4 is 11.9 Å². The fourth-order valence-corrected chi connectivity index (χ4v) is 3.07. The zero-order valence-electron chi connectivity index (χ0n) is 12.8. The summed E-state index contributed by atoms with van der Waals surface area (Å²) in [6.45, 7) is 8.39. The lowest BCUT2D eigenvalue weighted by molar-refractivity contribution is -0.154. The maximum absolute atomic E-state index is 11.4. The molecule has 4 nitrogen and oxygen atoms in total. The summed E-state index contributed by atoms with van der Waals surface area (Å²) in [5.41, 5.74) is 2.37. The van der Waals surface area contributed by atoms with Crippen molar-refractivity contribution < 1.29 is 19.8 Å². The van der Waals surface area contributed by atoms with Crippen molar-refractivity contribution in [3.05, 3.63) is 11.1 Å². The fraction of sp³-hybridized carbons (Fsp3) is 0.750. The Kier molecular flexibility index (Phi) is 5.78. The van der Waals surface area contributed by atoms with E-state index in [0.29, 0.717) is 24.7 Å². The Morgan fingerprint density at radius 1 is 0.950 bits per heavy atom. The van der Waals surface area contributed by atoms with E-state index < -0.39 is 23.8 Å². The second-order valence-corrected chi connectivity index (χ2v) is 5.97. The van der Waals surface area contributed by atoms with Crippen molar-refractivity contribution in [1.82, 2.24) is 0 Å². The molecule has 4 unspecified atom stereocenters. The van der Waals surface area contributed by atoms with Crippen LogP contribution in [0.4, 0.5) is 0 Å². The fourth-order valence-electron chi connectivity index (χ4n) is 3.07. The quantitative estimate of drug-likeness (QED) is 0.730. The van der Waals surface area contributed by atoms with E-state index in [1.807, 2.05) is 0 Å². The second kappa shape index (κ2) is 6.91. The smallest absolute Gasteiger partial charge is 0.307 e. The molecule has 0 aromatic rings. The molecule has 0 saturated carbocycles. The van der Waals surface area contributed by atoms with E-state index in [1.165, 1.54) is 11.1 Å². The molecular formula is C16H26O4. The minimum Gasteiger partial charge on any atom is -0.481 e. The van der Waals surface area contributed by atoms with Gasteiger partial charge >= 0.3 is 11.9 Å². The van der Waals surface area contributed by atoms with Gasteiger partial charge in [-0.2, -0.15) is 0 Å². The first-order valence-corrected chi connectivity index (χ1v) is 7.50. The molecule has 0 saturated heterocycles. The first-order chi connectivity index (χ1) is 9.33. The van der Waals surface area contributed by atoms with Gasteiger partial charge in [0, 0.05) is 0 Å². The average Bonchev–Trinajstić information content (AvgIpc) is 2.43. The van der Waals surface area contributed by atoms with Crippen LogP contribution in [0.25, 0.3) is 0 Å². The molecule has 20 heavy (non-hydrogen) atoms. The number of carboxylic acid groups (broad SMARTS) is 2. The summed E-state index contributed by atoms with van der Waals surface area (Å²) in [4.78, 5) is 22.8. The topological polar surface area (TPSA) is 74.6 Å². The summed E-state index contributed by atoms with van der Waals surface area (Å²) in [6, 6.07) is 0. The highest BCUT2D eigenvalue weighted by Gasteiger charge is 2.40. The van der Waals surface area contributed by atoms with Gasteiger partial charge in [-0.05, 0) is 37.5 Å². The molecule has 0 bridgehead atoms. The van der Waals surface area contributed by atoms with Crippen LogP contribution in [-0.2, 0) is 9.59 Å². The van der Waals surface area contributed by atoms with E-state index in [4.69, 9.17) is 0 Å². The highest BCUT2D eigenvalue weighted by atomic mass is 16.4. The van der Waals surface area contributed by atoms with Crippen LogP contribution in [0.1, 0.15) is 53.4 Å². The van der Waals surface area contributed by atoms with Gasteiger partial charge in [-0.1, -0.05) is 38.8 Å². The Bertz CT molecular complexity index is 373. The van der Waals surface area contributed by atoms with Gasteiger partial charge in [-0.15, -0.1) is 0 Å². The largest absolute Gasteiger partial charge is 0.481 e. The first kappa shape index (κ1) is 16.7. The van der Waals surface area contributed by atoms with E-state index in [9.17, 15) is 19.8 Å². The van der Waals surface area contributed by atoms with Gasteiger partial charge < -0.3 is 10.2 Å². The number of hydrogen-bond acceptors (Lipinski definition) is 2. The third-order valence-corrected chi connectivity index (χ3v) is 4.83. The zero-order chi connectivity index (χ0) is 15.4. The molecule has 0 radical (unpaired) electrons. The van der Waals surface area contributed by atoms with Crippen molar-refractivity contribution in [2.45, 2.75) is 53.4 Å². The molecule has 2 N–H and O–H groups in total. The molecule has 114 valence electrons. The summed E-state index contributed by atoms with van der Waals surface area (Å²) >= 11 is 0. The SMILES string of the molecule is CCC(C)C1=C(C(C)CC)CC(C(=O)O)C(C(=O)O)C1. The minimum absolute atomic E-state index is 0.329. The van der Waals surface area contributed by atoms with Crippen molar-refractivity contribution in [1.29, 1.82) is 0 Å². The van der Waals surface area contributed by atoms with E-state index in [-0.39, 0.29) is 0 Å². The van der Waals surface area contributed by atoms with Gasteiger partial charge in [0.15, 0.2) is 0 Å². The molecule has 1 rings (SSSR count). The standard InChI is InChI=1S/C16H26O4/c1-5-9(3)11-7-13(15(17)18)14(16(19)20)8-12(11)10(4)6-2/h9-10,13-14H,5-8H2,1-4H3,(H,17,18)(H,19,20).